The van der Waals surface area contributed by atoms with Crippen molar-refractivity contribution in [2.45, 2.75) is 19.9 Å². The number of nitrogens with one attached hydrogen (secondary N) is 2. The highest BCUT2D eigenvalue weighted by molar-refractivity contribution is 7.09. The second kappa shape index (κ2) is 11.2. The maximum Gasteiger partial charge on any atom is 0.242 e. The zero-order chi connectivity index (χ0) is 19.5. The van der Waals surface area contributed by atoms with Crippen molar-refractivity contribution < 1.29 is 9.53 Å². The summed E-state index contributed by atoms with van der Waals surface area (Å²) in [5.74, 6) is 1.44. The summed E-state index contributed by atoms with van der Waals surface area (Å²) in [6, 6.07) is 11.8. The van der Waals surface area contributed by atoms with Gasteiger partial charge in [-0.15, -0.1) is 11.3 Å². The van der Waals surface area contributed by atoms with Gasteiger partial charge in [0.1, 0.15) is 12.3 Å². The average Bonchev–Trinajstić information content (AvgIpc) is 3.21. The number of methoxy groups -OCH3 is 1. The smallest absolute Gasteiger partial charge is 0.242 e. The fourth-order valence-electron chi connectivity index (χ4n) is 2.45. The summed E-state index contributed by atoms with van der Waals surface area (Å²) in [5, 5.41) is 8.22. The van der Waals surface area contributed by atoms with Crippen molar-refractivity contribution in [3.63, 3.8) is 0 Å². The second-order valence-electron chi connectivity index (χ2n) is 6.05. The van der Waals surface area contributed by atoms with Crippen molar-refractivity contribution >= 4 is 23.2 Å². The number of thiophene rings is 1. The molecule has 0 aliphatic rings. The minimum Gasteiger partial charge on any atom is -0.497 e. The Kier molecular flexibility index (Phi) is 8.64. The number of ether oxygens (including phenoxy) is 1. The Hall–Kier alpha value is -2.54. The predicted molar refractivity (Wildman–Crippen MR) is 111 cm³/mol. The Balaban J connectivity index is 1.81. The molecular formula is C20H28N4O2S. The van der Waals surface area contributed by atoms with Crippen LogP contribution in [-0.2, 0) is 17.8 Å². The number of guanidine groups is 1. The van der Waals surface area contributed by atoms with E-state index in [0.717, 1.165) is 36.8 Å². The van der Waals surface area contributed by atoms with E-state index in [1.807, 2.05) is 38.2 Å². The molecule has 0 saturated heterocycles. The molecule has 7 heteroatoms. The Morgan fingerprint density at radius 1 is 1.22 bits per heavy atom. The highest BCUT2D eigenvalue weighted by Gasteiger charge is 2.08. The summed E-state index contributed by atoms with van der Waals surface area (Å²) >= 11 is 1.76. The number of hydrogen-bond acceptors (Lipinski definition) is 4. The molecule has 146 valence electrons. The van der Waals surface area contributed by atoms with Gasteiger partial charge in [0.25, 0.3) is 0 Å². The topological polar surface area (TPSA) is 66.0 Å². The van der Waals surface area contributed by atoms with Crippen LogP contribution in [0.1, 0.15) is 17.4 Å². The molecule has 1 aromatic heterocycles. The monoisotopic (exact) mass is 388 g/mol. The number of hydrogen-bond donors (Lipinski definition) is 2. The third kappa shape index (κ3) is 7.30. The standard InChI is InChI=1S/C20H28N4O2S/c1-4-21-20(24(2)12-11-18-6-5-13-27-18)23-15-19(25)22-14-16-7-9-17(26-3)10-8-16/h5-10,13H,4,11-12,14-15H2,1-3H3,(H,21,23)(H,22,25). The number of carbonyl (C=O) groups excluding carboxylic acids is 1. The average molecular weight is 389 g/mol. The number of amides is 1. The van der Waals surface area contributed by atoms with Crippen molar-refractivity contribution in [3.8, 4) is 5.75 Å². The highest BCUT2D eigenvalue weighted by atomic mass is 32.1. The van der Waals surface area contributed by atoms with Gasteiger partial charge in [-0.1, -0.05) is 18.2 Å². The van der Waals surface area contributed by atoms with Gasteiger partial charge in [-0.05, 0) is 42.5 Å². The van der Waals surface area contributed by atoms with Crippen molar-refractivity contribution in [3.05, 3.63) is 52.2 Å². The maximum absolute atomic E-state index is 12.1. The molecule has 2 N–H and O–H groups in total. The van der Waals surface area contributed by atoms with E-state index in [1.165, 1.54) is 4.88 Å². The molecule has 1 aromatic carbocycles. The lowest BCUT2D eigenvalue weighted by molar-refractivity contribution is -0.119. The first-order valence-corrected chi connectivity index (χ1v) is 9.91. The van der Waals surface area contributed by atoms with Crippen LogP contribution in [0.4, 0.5) is 0 Å². The largest absolute Gasteiger partial charge is 0.497 e. The van der Waals surface area contributed by atoms with Crippen LogP contribution >= 0.6 is 11.3 Å². The van der Waals surface area contributed by atoms with Crippen LogP contribution in [-0.4, -0.2) is 50.6 Å². The van der Waals surface area contributed by atoms with Gasteiger partial charge in [0, 0.05) is 31.6 Å². The Bertz CT molecular complexity index is 714. The van der Waals surface area contributed by atoms with Crippen molar-refractivity contribution in [2.75, 3.05) is 33.8 Å². The molecule has 6 nitrogen and oxygen atoms in total. The van der Waals surface area contributed by atoms with Crippen molar-refractivity contribution in [1.29, 1.82) is 0 Å². The summed E-state index contributed by atoms with van der Waals surface area (Å²) in [6.07, 6.45) is 0.961. The lowest BCUT2D eigenvalue weighted by Crippen LogP contribution is -2.40. The molecule has 0 spiro atoms. The zero-order valence-corrected chi connectivity index (χ0v) is 17.0. The summed E-state index contributed by atoms with van der Waals surface area (Å²) in [6.45, 7) is 4.20. The Morgan fingerprint density at radius 3 is 2.63 bits per heavy atom. The van der Waals surface area contributed by atoms with Gasteiger partial charge in [-0.2, -0.15) is 0 Å². The molecule has 1 heterocycles. The molecule has 1 amide bonds. The lowest BCUT2D eigenvalue weighted by atomic mass is 10.2. The minimum absolute atomic E-state index is 0.0990. The van der Waals surface area contributed by atoms with Gasteiger partial charge in [0.05, 0.1) is 7.11 Å². The van der Waals surface area contributed by atoms with Crippen molar-refractivity contribution in [1.82, 2.24) is 15.5 Å². The number of benzene rings is 1. The molecule has 0 atom stereocenters. The van der Waals surface area contributed by atoms with Crippen LogP contribution in [0, 0.1) is 0 Å². The summed E-state index contributed by atoms with van der Waals surface area (Å²) in [5.41, 5.74) is 1.02. The number of rotatable bonds is 9. The quantitative estimate of drug-likeness (QED) is 0.512. The molecule has 0 aliphatic carbocycles. The highest BCUT2D eigenvalue weighted by Crippen LogP contribution is 2.11. The fourth-order valence-corrected chi connectivity index (χ4v) is 3.15. The van der Waals surface area contributed by atoms with Crippen LogP contribution in [0.2, 0.25) is 0 Å². The predicted octanol–water partition coefficient (Wildman–Crippen LogP) is 2.51. The molecule has 0 aliphatic heterocycles. The number of nitrogens with zero attached hydrogens (tertiary/aromatic N) is 2. The van der Waals surface area contributed by atoms with E-state index in [0.29, 0.717) is 6.54 Å². The number of likely N-dealkylation sites (N-methyl/N-ethyl adjacent to an activating group) is 1. The van der Waals surface area contributed by atoms with E-state index < -0.39 is 0 Å². The first-order chi connectivity index (χ1) is 13.1. The Labute approximate surface area is 165 Å². The normalized spacial score (nSPS) is 11.1. The van der Waals surface area contributed by atoms with E-state index in [4.69, 9.17) is 4.74 Å². The summed E-state index contributed by atoms with van der Waals surface area (Å²) in [7, 11) is 3.62. The molecule has 0 bridgehead atoms. The molecule has 0 radical (unpaired) electrons. The minimum atomic E-state index is -0.104. The summed E-state index contributed by atoms with van der Waals surface area (Å²) in [4.78, 5) is 20.0. The second-order valence-corrected chi connectivity index (χ2v) is 7.08. The van der Waals surface area contributed by atoms with Crippen LogP contribution < -0.4 is 15.4 Å². The molecule has 2 rings (SSSR count). The van der Waals surface area contributed by atoms with Gasteiger partial charge < -0.3 is 20.3 Å². The van der Waals surface area contributed by atoms with Crippen molar-refractivity contribution in [2.24, 2.45) is 4.99 Å². The first-order valence-electron chi connectivity index (χ1n) is 9.03. The van der Waals surface area contributed by atoms with E-state index in [2.05, 4.69) is 38.0 Å². The van der Waals surface area contributed by atoms with Crippen LogP contribution in [0.3, 0.4) is 0 Å². The molecule has 0 saturated carbocycles. The fraction of sp³-hybridized carbons (Fsp3) is 0.400. The molecular weight excluding hydrogens is 360 g/mol. The maximum atomic E-state index is 12.1. The molecule has 2 aromatic rings. The molecule has 0 fully saturated rings. The third-order valence-corrected chi connectivity index (χ3v) is 4.93. The van der Waals surface area contributed by atoms with E-state index in [1.54, 1.807) is 18.4 Å². The van der Waals surface area contributed by atoms with Gasteiger partial charge in [0.2, 0.25) is 5.91 Å². The molecule has 0 unspecified atom stereocenters. The SMILES string of the molecule is CCNC(=NCC(=O)NCc1ccc(OC)cc1)N(C)CCc1cccs1. The summed E-state index contributed by atoms with van der Waals surface area (Å²) < 4.78 is 5.13. The number of carbonyl (C=O) groups is 1. The van der Waals surface area contributed by atoms with Gasteiger partial charge >= 0.3 is 0 Å². The van der Waals surface area contributed by atoms with E-state index in [9.17, 15) is 4.79 Å². The first kappa shape index (κ1) is 20.8. The van der Waals surface area contributed by atoms with Gasteiger partial charge in [0.15, 0.2) is 5.96 Å². The van der Waals surface area contributed by atoms with Crippen LogP contribution in [0.15, 0.2) is 46.8 Å². The van der Waals surface area contributed by atoms with Crippen LogP contribution in [0.5, 0.6) is 5.75 Å². The molecule has 27 heavy (non-hydrogen) atoms. The lowest BCUT2D eigenvalue weighted by Gasteiger charge is -2.21. The zero-order valence-electron chi connectivity index (χ0n) is 16.2. The number of aliphatic imine (C=N–C) groups is 1. The van der Waals surface area contributed by atoms with E-state index >= 15 is 0 Å². The third-order valence-electron chi connectivity index (χ3n) is 3.99. The Morgan fingerprint density at radius 2 is 2.00 bits per heavy atom. The van der Waals surface area contributed by atoms with Gasteiger partial charge in [-0.3, -0.25) is 4.79 Å². The van der Waals surface area contributed by atoms with Gasteiger partial charge in [-0.25, -0.2) is 4.99 Å². The van der Waals surface area contributed by atoms with E-state index in [-0.39, 0.29) is 12.5 Å². The van der Waals surface area contributed by atoms with Crippen LogP contribution in [0.25, 0.3) is 0 Å².